The molecule has 188 valence electrons. The van der Waals surface area contributed by atoms with Crippen molar-refractivity contribution in [3.8, 4) is 17.2 Å². The molecule has 4 rings (SSSR count). The molecule has 7 nitrogen and oxygen atoms in total. The molecule has 3 aromatic rings. The van der Waals surface area contributed by atoms with Crippen LogP contribution in [0.5, 0.6) is 17.2 Å². The Balaban J connectivity index is 1.53. The van der Waals surface area contributed by atoms with Gasteiger partial charge in [0.25, 0.3) is 5.91 Å². The van der Waals surface area contributed by atoms with Gasteiger partial charge in [0.1, 0.15) is 5.75 Å². The van der Waals surface area contributed by atoms with Gasteiger partial charge in [-0.2, -0.15) is 0 Å². The quantitative estimate of drug-likeness (QED) is 0.407. The Labute approximate surface area is 212 Å². The van der Waals surface area contributed by atoms with Crippen LogP contribution >= 0.6 is 0 Å². The van der Waals surface area contributed by atoms with E-state index in [2.05, 4.69) is 4.90 Å². The fourth-order valence-electron chi connectivity index (χ4n) is 4.43. The highest BCUT2D eigenvalue weighted by Gasteiger charge is 2.27. The van der Waals surface area contributed by atoms with E-state index in [4.69, 9.17) is 14.2 Å². The second-order valence-corrected chi connectivity index (χ2v) is 8.35. The molecule has 1 saturated heterocycles. The molecule has 0 N–H and O–H groups in total. The predicted octanol–water partition coefficient (Wildman–Crippen LogP) is 4.69. The van der Waals surface area contributed by atoms with Crippen LogP contribution in [-0.4, -0.2) is 63.1 Å². The van der Waals surface area contributed by atoms with Gasteiger partial charge in [-0.3, -0.25) is 9.59 Å². The third-order valence-corrected chi connectivity index (χ3v) is 6.20. The van der Waals surface area contributed by atoms with Gasteiger partial charge in [0.2, 0.25) is 0 Å². The standard InChI is InChI=1S/C29H32N2O5/c1-4-35-26-15-14-21(20-27(26)36-5-2)28(32)22-10-6-7-11-23(22)29(33)31-18-16-30(17-19-31)24-12-8-9-13-25(24)34-3/h6-15,20H,4-5,16-19H2,1-3H3. The summed E-state index contributed by atoms with van der Waals surface area (Å²) >= 11 is 0. The Kier molecular flexibility index (Phi) is 8.10. The first kappa shape index (κ1) is 25.1. The van der Waals surface area contributed by atoms with Crippen molar-refractivity contribution in [1.29, 1.82) is 0 Å². The molecule has 0 saturated carbocycles. The van der Waals surface area contributed by atoms with Gasteiger partial charge in [0.05, 0.1) is 31.6 Å². The number of carbonyl (C=O) groups is 2. The highest BCUT2D eigenvalue weighted by atomic mass is 16.5. The van der Waals surface area contributed by atoms with Crippen LogP contribution in [0.15, 0.2) is 66.7 Å². The molecule has 1 fully saturated rings. The molecule has 1 amide bonds. The van der Waals surface area contributed by atoms with Gasteiger partial charge in [-0.1, -0.05) is 30.3 Å². The van der Waals surface area contributed by atoms with E-state index in [1.54, 1.807) is 49.6 Å². The van der Waals surface area contributed by atoms with E-state index in [0.717, 1.165) is 11.4 Å². The van der Waals surface area contributed by atoms with E-state index in [1.807, 2.05) is 43.0 Å². The maximum absolute atomic E-state index is 13.5. The van der Waals surface area contributed by atoms with E-state index in [-0.39, 0.29) is 11.7 Å². The van der Waals surface area contributed by atoms with Crippen LogP contribution in [0.1, 0.15) is 40.1 Å². The molecule has 3 aromatic carbocycles. The molecule has 0 aliphatic carbocycles. The zero-order valence-corrected chi connectivity index (χ0v) is 21.0. The van der Waals surface area contributed by atoms with Crippen LogP contribution in [0.2, 0.25) is 0 Å². The number of ether oxygens (including phenoxy) is 3. The van der Waals surface area contributed by atoms with E-state index < -0.39 is 0 Å². The normalized spacial score (nSPS) is 13.3. The number of benzene rings is 3. The van der Waals surface area contributed by atoms with Crippen LogP contribution in [0.3, 0.4) is 0 Å². The van der Waals surface area contributed by atoms with Gasteiger partial charge in [-0.25, -0.2) is 0 Å². The monoisotopic (exact) mass is 488 g/mol. The smallest absolute Gasteiger partial charge is 0.254 e. The molecule has 36 heavy (non-hydrogen) atoms. The second kappa shape index (κ2) is 11.6. The highest BCUT2D eigenvalue weighted by molar-refractivity contribution is 6.15. The first-order chi connectivity index (χ1) is 17.6. The SMILES string of the molecule is CCOc1ccc(C(=O)c2ccccc2C(=O)N2CCN(c3ccccc3OC)CC2)cc1OCC. The Morgan fingerprint density at radius 2 is 1.39 bits per heavy atom. The number of para-hydroxylation sites is 2. The number of nitrogens with zero attached hydrogens (tertiary/aromatic N) is 2. The number of amides is 1. The van der Waals surface area contributed by atoms with Crippen LogP contribution in [0.25, 0.3) is 0 Å². The van der Waals surface area contributed by atoms with Crippen molar-refractivity contribution in [1.82, 2.24) is 4.90 Å². The van der Waals surface area contributed by atoms with E-state index in [0.29, 0.717) is 67.6 Å². The lowest BCUT2D eigenvalue weighted by Crippen LogP contribution is -2.49. The van der Waals surface area contributed by atoms with E-state index in [9.17, 15) is 9.59 Å². The van der Waals surface area contributed by atoms with Gasteiger partial charge < -0.3 is 24.0 Å². The van der Waals surface area contributed by atoms with Crippen molar-refractivity contribution in [3.63, 3.8) is 0 Å². The number of methoxy groups -OCH3 is 1. The van der Waals surface area contributed by atoms with E-state index >= 15 is 0 Å². The fourth-order valence-corrected chi connectivity index (χ4v) is 4.43. The number of rotatable bonds is 9. The highest BCUT2D eigenvalue weighted by Crippen LogP contribution is 2.31. The zero-order valence-electron chi connectivity index (χ0n) is 21.0. The molecule has 0 spiro atoms. The molecule has 0 radical (unpaired) electrons. The summed E-state index contributed by atoms with van der Waals surface area (Å²) in [7, 11) is 1.66. The zero-order chi connectivity index (χ0) is 25.5. The number of piperazine rings is 1. The molecule has 0 atom stereocenters. The largest absolute Gasteiger partial charge is 0.495 e. The number of anilines is 1. The predicted molar refractivity (Wildman–Crippen MR) is 140 cm³/mol. The van der Waals surface area contributed by atoms with Crippen LogP contribution in [0.4, 0.5) is 5.69 Å². The average molecular weight is 489 g/mol. The third kappa shape index (κ3) is 5.30. The Bertz CT molecular complexity index is 1220. The summed E-state index contributed by atoms with van der Waals surface area (Å²) in [6, 6.07) is 20.0. The lowest BCUT2D eigenvalue weighted by molar-refractivity contribution is 0.0742. The number of carbonyl (C=O) groups excluding carboxylic acids is 2. The molecule has 0 bridgehead atoms. The first-order valence-corrected chi connectivity index (χ1v) is 12.3. The molecular formula is C29H32N2O5. The summed E-state index contributed by atoms with van der Waals surface area (Å²) < 4.78 is 16.8. The molecule has 0 aromatic heterocycles. The van der Waals surface area contributed by atoms with Crippen LogP contribution in [0, 0.1) is 0 Å². The van der Waals surface area contributed by atoms with Crippen molar-refractivity contribution in [2.24, 2.45) is 0 Å². The summed E-state index contributed by atoms with van der Waals surface area (Å²) in [5, 5.41) is 0. The van der Waals surface area contributed by atoms with Crippen molar-refractivity contribution in [3.05, 3.63) is 83.4 Å². The number of ketones is 1. The topological polar surface area (TPSA) is 68.3 Å². The minimum atomic E-state index is -0.226. The van der Waals surface area contributed by atoms with Crippen molar-refractivity contribution >= 4 is 17.4 Å². The number of hydrogen-bond acceptors (Lipinski definition) is 6. The van der Waals surface area contributed by atoms with Gasteiger partial charge in [0.15, 0.2) is 17.3 Å². The van der Waals surface area contributed by atoms with Crippen LogP contribution < -0.4 is 19.1 Å². The first-order valence-electron chi connectivity index (χ1n) is 12.3. The molecular weight excluding hydrogens is 456 g/mol. The summed E-state index contributed by atoms with van der Waals surface area (Å²) in [5.41, 5.74) is 2.24. The molecule has 1 heterocycles. The fraction of sp³-hybridized carbons (Fsp3) is 0.310. The Morgan fingerprint density at radius 3 is 2.08 bits per heavy atom. The average Bonchev–Trinajstić information content (AvgIpc) is 2.93. The second-order valence-electron chi connectivity index (χ2n) is 8.35. The van der Waals surface area contributed by atoms with Crippen LogP contribution in [-0.2, 0) is 0 Å². The van der Waals surface area contributed by atoms with Crippen molar-refractivity contribution < 1.29 is 23.8 Å². The Morgan fingerprint density at radius 1 is 0.750 bits per heavy atom. The number of hydrogen-bond donors (Lipinski definition) is 0. The van der Waals surface area contributed by atoms with Gasteiger partial charge >= 0.3 is 0 Å². The van der Waals surface area contributed by atoms with Gasteiger partial charge in [-0.15, -0.1) is 0 Å². The molecule has 7 heteroatoms. The maximum Gasteiger partial charge on any atom is 0.254 e. The summed E-state index contributed by atoms with van der Waals surface area (Å²) in [6.45, 7) is 7.19. The maximum atomic E-state index is 13.5. The van der Waals surface area contributed by atoms with Crippen molar-refractivity contribution in [2.45, 2.75) is 13.8 Å². The summed E-state index contributed by atoms with van der Waals surface area (Å²) in [6.07, 6.45) is 0. The molecule has 1 aliphatic rings. The lowest BCUT2D eigenvalue weighted by atomic mass is 9.97. The summed E-state index contributed by atoms with van der Waals surface area (Å²) in [4.78, 5) is 31.0. The summed E-state index contributed by atoms with van der Waals surface area (Å²) in [5.74, 6) is 1.55. The van der Waals surface area contributed by atoms with Crippen molar-refractivity contribution in [2.75, 3.05) is 51.4 Å². The van der Waals surface area contributed by atoms with E-state index in [1.165, 1.54) is 0 Å². The minimum absolute atomic E-state index is 0.144. The van der Waals surface area contributed by atoms with Gasteiger partial charge in [-0.05, 0) is 50.2 Å². The minimum Gasteiger partial charge on any atom is -0.495 e. The lowest BCUT2D eigenvalue weighted by Gasteiger charge is -2.36. The molecule has 1 aliphatic heterocycles. The molecule has 0 unspecified atom stereocenters. The Hall–Kier alpha value is -4.00. The van der Waals surface area contributed by atoms with Gasteiger partial charge in [0, 0.05) is 37.3 Å². The third-order valence-electron chi connectivity index (χ3n) is 6.20.